The fraction of sp³-hybridized carbons (Fsp3) is 0.440. The van der Waals surface area contributed by atoms with E-state index in [-0.39, 0.29) is 12.0 Å². The number of nitrogens with zero attached hydrogens (tertiary/aromatic N) is 3. The second kappa shape index (κ2) is 10.2. The van der Waals surface area contributed by atoms with Gasteiger partial charge in [-0.15, -0.1) is 0 Å². The molecule has 0 fully saturated rings. The van der Waals surface area contributed by atoms with Gasteiger partial charge in [0, 0.05) is 18.7 Å². The Morgan fingerprint density at radius 3 is 2.35 bits per heavy atom. The molecule has 0 aliphatic heterocycles. The number of aromatic nitrogens is 1. The molecule has 166 valence electrons. The van der Waals surface area contributed by atoms with E-state index in [9.17, 15) is 4.79 Å². The molecule has 0 bridgehead atoms. The molecular weight excluding hydrogens is 406 g/mol. The summed E-state index contributed by atoms with van der Waals surface area (Å²) in [5.41, 5.74) is 3.97. The van der Waals surface area contributed by atoms with Crippen molar-refractivity contribution in [1.82, 2.24) is 9.88 Å². The van der Waals surface area contributed by atoms with Crippen LogP contribution in [0.15, 0.2) is 36.4 Å². The largest absolute Gasteiger partial charge is 0.491 e. The van der Waals surface area contributed by atoms with Crippen LogP contribution in [0.2, 0.25) is 0 Å². The third kappa shape index (κ3) is 5.63. The zero-order valence-electron chi connectivity index (χ0n) is 19.4. The summed E-state index contributed by atoms with van der Waals surface area (Å²) in [6.45, 7) is 15.8. The molecule has 0 radical (unpaired) electrons. The highest BCUT2D eigenvalue weighted by atomic mass is 32.1. The Balaban J connectivity index is 1.94. The van der Waals surface area contributed by atoms with Gasteiger partial charge < -0.3 is 9.64 Å². The number of anilines is 1. The zero-order valence-corrected chi connectivity index (χ0v) is 20.3. The van der Waals surface area contributed by atoms with Gasteiger partial charge in [-0.1, -0.05) is 31.3 Å². The highest BCUT2D eigenvalue weighted by Gasteiger charge is 2.22. The quantitative estimate of drug-likeness (QED) is 0.430. The molecule has 5 nitrogen and oxygen atoms in total. The average molecular weight is 440 g/mol. The van der Waals surface area contributed by atoms with Gasteiger partial charge in [0.15, 0.2) is 5.13 Å². The third-order valence-electron chi connectivity index (χ3n) is 5.30. The summed E-state index contributed by atoms with van der Waals surface area (Å²) in [7, 11) is 0. The lowest BCUT2D eigenvalue weighted by molar-refractivity contribution is 0.0983. The lowest BCUT2D eigenvalue weighted by Crippen LogP contribution is -2.38. The molecule has 6 heteroatoms. The van der Waals surface area contributed by atoms with E-state index in [2.05, 4.69) is 44.7 Å². The SMILES string of the molecule is CCN(CC)CCN(C(=O)c1ccc(OC(C)C)cc1)c1nc2c(C)cc(C)cc2s1. The van der Waals surface area contributed by atoms with E-state index in [1.54, 1.807) is 11.3 Å². The molecule has 1 heterocycles. The van der Waals surface area contributed by atoms with Crippen LogP contribution in [0.4, 0.5) is 5.13 Å². The summed E-state index contributed by atoms with van der Waals surface area (Å²) in [6.07, 6.45) is 0.0987. The zero-order chi connectivity index (χ0) is 22.5. The van der Waals surface area contributed by atoms with Gasteiger partial charge in [-0.3, -0.25) is 9.69 Å². The number of carbonyl (C=O) groups excluding carboxylic acids is 1. The molecule has 2 aromatic carbocycles. The standard InChI is InChI=1S/C25H33N3O2S/c1-7-27(8-2)13-14-28(24(29)20-9-11-21(12-10-20)30-17(3)4)25-26-23-19(6)15-18(5)16-22(23)31-25/h9-12,15-17H,7-8,13-14H2,1-6H3. The fourth-order valence-corrected chi connectivity index (χ4v) is 4.81. The summed E-state index contributed by atoms with van der Waals surface area (Å²) >= 11 is 1.59. The number of rotatable bonds is 9. The van der Waals surface area contributed by atoms with Gasteiger partial charge in [-0.2, -0.15) is 0 Å². The molecular formula is C25H33N3O2S. The van der Waals surface area contributed by atoms with Gasteiger partial charge in [0.25, 0.3) is 5.91 Å². The number of fused-ring (bicyclic) bond motifs is 1. The Labute approximate surface area is 189 Å². The Bertz CT molecular complexity index is 1020. The van der Waals surface area contributed by atoms with Crippen LogP contribution in [0.5, 0.6) is 5.75 Å². The summed E-state index contributed by atoms with van der Waals surface area (Å²) in [4.78, 5) is 22.5. The molecule has 1 amide bonds. The molecule has 0 spiro atoms. The first-order valence-corrected chi connectivity index (χ1v) is 11.8. The van der Waals surface area contributed by atoms with Gasteiger partial charge in [-0.25, -0.2) is 4.98 Å². The van der Waals surface area contributed by atoms with E-state index in [1.807, 2.05) is 43.0 Å². The fourth-order valence-electron chi connectivity index (χ4n) is 3.64. The van der Waals surface area contributed by atoms with Crippen molar-refractivity contribution >= 4 is 32.6 Å². The lowest BCUT2D eigenvalue weighted by atomic mass is 10.1. The number of thiazole rings is 1. The van der Waals surface area contributed by atoms with E-state index >= 15 is 0 Å². The van der Waals surface area contributed by atoms with Crippen molar-refractivity contribution in [2.24, 2.45) is 0 Å². The molecule has 0 aliphatic rings. The number of carbonyl (C=O) groups is 1. The van der Waals surface area contributed by atoms with Crippen LogP contribution in [0, 0.1) is 13.8 Å². The first-order chi connectivity index (χ1) is 14.8. The first-order valence-electron chi connectivity index (χ1n) is 11.0. The number of amides is 1. The second-order valence-corrected chi connectivity index (χ2v) is 9.11. The number of benzene rings is 2. The van der Waals surface area contributed by atoms with E-state index in [0.29, 0.717) is 12.1 Å². The predicted molar refractivity (Wildman–Crippen MR) is 131 cm³/mol. The van der Waals surface area contributed by atoms with Gasteiger partial charge >= 0.3 is 0 Å². The molecule has 3 rings (SSSR count). The minimum atomic E-state index is -0.0308. The van der Waals surface area contributed by atoms with Crippen LogP contribution < -0.4 is 9.64 Å². The van der Waals surface area contributed by atoms with Crippen molar-refractivity contribution in [3.05, 3.63) is 53.1 Å². The maximum Gasteiger partial charge on any atom is 0.260 e. The summed E-state index contributed by atoms with van der Waals surface area (Å²) in [5.74, 6) is 0.740. The van der Waals surface area contributed by atoms with E-state index in [0.717, 1.165) is 46.3 Å². The van der Waals surface area contributed by atoms with Crippen molar-refractivity contribution in [2.75, 3.05) is 31.1 Å². The number of hydrogen-bond acceptors (Lipinski definition) is 5. The van der Waals surface area contributed by atoms with Crippen LogP contribution >= 0.6 is 11.3 Å². The first kappa shape index (κ1) is 23.2. The maximum absolute atomic E-state index is 13.5. The number of aryl methyl sites for hydroxylation is 2. The van der Waals surface area contributed by atoms with E-state index < -0.39 is 0 Å². The monoisotopic (exact) mass is 439 g/mol. The Morgan fingerprint density at radius 1 is 1.06 bits per heavy atom. The summed E-state index contributed by atoms with van der Waals surface area (Å²) < 4.78 is 6.84. The van der Waals surface area contributed by atoms with Gasteiger partial charge in [0.2, 0.25) is 0 Å². The van der Waals surface area contributed by atoms with Gasteiger partial charge in [0.05, 0.1) is 16.3 Å². The molecule has 0 N–H and O–H groups in total. The van der Waals surface area contributed by atoms with Crippen molar-refractivity contribution in [3.63, 3.8) is 0 Å². The smallest absolute Gasteiger partial charge is 0.260 e. The third-order valence-corrected chi connectivity index (χ3v) is 6.33. The van der Waals surface area contributed by atoms with Crippen molar-refractivity contribution in [2.45, 2.75) is 47.6 Å². The Kier molecular flexibility index (Phi) is 7.68. The molecule has 1 aromatic heterocycles. The maximum atomic E-state index is 13.5. The van der Waals surface area contributed by atoms with Crippen molar-refractivity contribution in [1.29, 1.82) is 0 Å². The second-order valence-electron chi connectivity index (χ2n) is 8.10. The molecule has 0 saturated heterocycles. The molecule has 31 heavy (non-hydrogen) atoms. The predicted octanol–water partition coefficient (Wildman–Crippen LogP) is 5.69. The minimum Gasteiger partial charge on any atom is -0.491 e. The molecule has 0 unspecified atom stereocenters. The van der Waals surface area contributed by atoms with Crippen LogP contribution in [-0.2, 0) is 0 Å². The van der Waals surface area contributed by atoms with Gasteiger partial charge in [0.1, 0.15) is 5.75 Å². The molecule has 3 aromatic rings. The number of likely N-dealkylation sites (N-methyl/N-ethyl adjacent to an activating group) is 1. The lowest BCUT2D eigenvalue weighted by Gasteiger charge is -2.25. The number of ether oxygens (including phenoxy) is 1. The normalized spacial score (nSPS) is 11.5. The van der Waals surface area contributed by atoms with Crippen LogP contribution in [0.25, 0.3) is 10.2 Å². The van der Waals surface area contributed by atoms with Crippen molar-refractivity contribution in [3.8, 4) is 5.75 Å². The highest BCUT2D eigenvalue weighted by Crippen LogP contribution is 2.32. The Hall–Kier alpha value is -2.44. The Morgan fingerprint density at radius 2 is 1.74 bits per heavy atom. The molecule has 0 saturated carbocycles. The topological polar surface area (TPSA) is 45.7 Å². The minimum absolute atomic E-state index is 0.0308. The van der Waals surface area contributed by atoms with E-state index in [1.165, 1.54) is 5.56 Å². The summed E-state index contributed by atoms with van der Waals surface area (Å²) in [6, 6.07) is 11.7. The van der Waals surface area contributed by atoms with Crippen LogP contribution in [0.3, 0.4) is 0 Å². The molecule has 0 atom stereocenters. The number of hydrogen-bond donors (Lipinski definition) is 0. The van der Waals surface area contributed by atoms with Crippen LogP contribution in [-0.4, -0.2) is 48.1 Å². The highest BCUT2D eigenvalue weighted by molar-refractivity contribution is 7.22. The van der Waals surface area contributed by atoms with Crippen LogP contribution in [0.1, 0.15) is 49.2 Å². The van der Waals surface area contributed by atoms with Gasteiger partial charge in [-0.05, 0) is 82.2 Å². The van der Waals surface area contributed by atoms with Crippen molar-refractivity contribution < 1.29 is 9.53 Å². The summed E-state index contributed by atoms with van der Waals surface area (Å²) in [5, 5.41) is 0.753. The average Bonchev–Trinajstić information content (AvgIpc) is 3.15. The molecule has 0 aliphatic carbocycles. The van der Waals surface area contributed by atoms with E-state index in [4.69, 9.17) is 9.72 Å².